The molecule has 4 unspecified atom stereocenters. The van der Waals surface area contributed by atoms with Crippen LogP contribution in [0.4, 0.5) is 0 Å². The Kier molecular flexibility index (Phi) is 10.3. The molecule has 15 nitrogen and oxygen atoms in total. The van der Waals surface area contributed by atoms with E-state index in [4.69, 9.17) is 16.6 Å². The molecule has 0 radical (unpaired) electrons. The molecule has 1 aliphatic rings. The molecule has 0 saturated carbocycles. The van der Waals surface area contributed by atoms with Crippen LogP contribution in [0.5, 0.6) is 0 Å². The molecule has 1 fully saturated rings. The number of H-pyrrole nitrogens is 1. The lowest BCUT2D eigenvalue weighted by atomic mass is 10.1. The number of aromatic nitrogens is 2. The van der Waals surface area contributed by atoms with Gasteiger partial charge in [-0.25, -0.2) is 9.78 Å². The maximum atomic E-state index is 13.0. The largest absolute Gasteiger partial charge is 0.481 e. The van der Waals surface area contributed by atoms with Crippen LogP contribution in [0.2, 0.25) is 0 Å². The quantitative estimate of drug-likeness (QED) is 0.138. The van der Waals surface area contributed by atoms with Gasteiger partial charge in [0, 0.05) is 37.7 Å². The average molecular weight is 510 g/mol. The summed E-state index contributed by atoms with van der Waals surface area (Å²) in [5.41, 5.74) is 11.8. The van der Waals surface area contributed by atoms with E-state index in [1.54, 1.807) is 0 Å². The number of hydrogen-bond donors (Lipinski definition) is 7. The second-order valence-electron chi connectivity index (χ2n) is 8.48. The third-order valence-electron chi connectivity index (χ3n) is 5.72. The SMILES string of the molecule is NC(=O)CCC(NC(=O)C1CCCN1C(=O)C(N)Cc1cnc[nH]1)C(=O)NC(CCC(=O)O)C(=O)O. The highest BCUT2D eigenvalue weighted by Gasteiger charge is 2.38. The van der Waals surface area contributed by atoms with Gasteiger partial charge in [0.1, 0.15) is 18.1 Å². The van der Waals surface area contributed by atoms with Gasteiger partial charge in [0.25, 0.3) is 0 Å². The highest BCUT2D eigenvalue weighted by atomic mass is 16.4. The molecular weight excluding hydrogens is 478 g/mol. The molecule has 0 aromatic carbocycles. The van der Waals surface area contributed by atoms with Crippen molar-refractivity contribution in [3.63, 3.8) is 0 Å². The molecule has 1 aliphatic heterocycles. The summed E-state index contributed by atoms with van der Waals surface area (Å²) in [5.74, 6) is -5.50. The molecule has 0 aliphatic carbocycles. The standard InChI is InChI=1S/C21H31N7O8/c22-12(8-11-9-24-10-25-11)20(34)28-7-1-2-15(28)19(33)26-13(3-5-16(23)29)18(32)27-14(21(35)36)4-6-17(30)31/h9-10,12-15H,1-8,22H2,(H2,23,29)(H,24,25)(H,26,33)(H,27,32)(H,30,31)(H,35,36). The van der Waals surface area contributed by atoms with Crippen molar-refractivity contribution in [2.75, 3.05) is 6.54 Å². The zero-order valence-electron chi connectivity index (χ0n) is 19.5. The molecule has 1 aromatic heterocycles. The van der Waals surface area contributed by atoms with Gasteiger partial charge in [0.2, 0.25) is 23.6 Å². The van der Waals surface area contributed by atoms with E-state index in [1.165, 1.54) is 17.4 Å². The van der Waals surface area contributed by atoms with Gasteiger partial charge in [-0.3, -0.25) is 24.0 Å². The molecule has 2 heterocycles. The number of hydrogen-bond acceptors (Lipinski definition) is 8. The molecule has 4 atom stereocenters. The van der Waals surface area contributed by atoms with Crippen molar-refractivity contribution >= 4 is 35.6 Å². The fourth-order valence-electron chi connectivity index (χ4n) is 3.86. The molecule has 0 bridgehead atoms. The van der Waals surface area contributed by atoms with Crippen LogP contribution in [0.3, 0.4) is 0 Å². The summed E-state index contributed by atoms with van der Waals surface area (Å²) in [6, 6.07) is -4.71. The fraction of sp³-hybridized carbons (Fsp3) is 0.571. The number of nitrogens with zero attached hydrogens (tertiary/aromatic N) is 2. The minimum Gasteiger partial charge on any atom is -0.481 e. The monoisotopic (exact) mass is 509 g/mol. The minimum absolute atomic E-state index is 0.181. The highest BCUT2D eigenvalue weighted by Crippen LogP contribution is 2.19. The number of primary amides is 1. The smallest absolute Gasteiger partial charge is 0.326 e. The first kappa shape index (κ1) is 28.2. The van der Waals surface area contributed by atoms with Crippen LogP contribution in [0, 0.1) is 0 Å². The van der Waals surface area contributed by atoms with E-state index < -0.39 is 66.2 Å². The minimum atomic E-state index is -1.52. The zero-order valence-corrected chi connectivity index (χ0v) is 19.5. The number of carbonyl (C=O) groups excluding carboxylic acids is 4. The predicted octanol–water partition coefficient (Wildman–Crippen LogP) is -2.54. The third-order valence-corrected chi connectivity index (χ3v) is 5.72. The van der Waals surface area contributed by atoms with Gasteiger partial charge in [-0.2, -0.15) is 0 Å². The number of amides is 4. The van der Waals surface area contributed by atoms with Crippen molar-refractivity contribution in [3.8, 4) is 0 Å². The molecule has 0 spiro atoms. The van der Waals surface area contributed by atoms with E-state index in [9.17, 15) is 33.9 Å². The Balaban J connectivity index is 2.08. The maximum Gasteiger partial charge on any atom is 0.326 e. The molecule has 1 saturated heterocycles. The number of carbonyl (C=O) groups is 6. The zero-order chi connectivity index (χ0) is 26.8. The lowest BCUT2D eigenvalue weighted by Gasteiger charge is -2.28. The van der Waals surface area contributed by atoms with E-state index in [0.29, 0.717) is 18.5 Å². The summed E-state index contributed by atoms with van der Waals surface area (Å²) < 4.78 is 0. The van der Waals surface area contributed by atoms with Crippen molar-refractivity contribution < 1.29 is 39.0 Å². The van der Waals surface area contributed by atoms with Crippen molar-refractivity contribution in [3.05, 3.63) is 18.2 Å². The number of likely N-dealkylation sites (tertiary alicyclic amines) is 1. The van der Waals surface area contributed by atoms with Crippen LogP contribution in [0.25, 0.3) is 0 Å². The summed E-state index contributed by atoms with van der Waals surface area (Å²) in [6.45, 7) is 0.280. The van der Waals surface area contributed by atoms with Crippen molar-refractivity contribution in [2.24, 2.45) is 11.5 Å². The van der Waals surface area contributed by atoms with Gasteiger partial charge in [0.05, 0.1) is 12.4 Å². The van der Waals surface area contributed by atoms with E-state index in [0.717, 1.165) is 0 Å². The van der Waals surface area contributed by atoms with Gasteiger partial charge in [-0.1, -0.05) is 0 Å². The van der Waals surface area contributed by atoms with Gasteiger partial charge >= 0.3 is 11.9 Å². The molecular formula is C21H31N7O8. The molecule has 9 N–H and O–H groups in total. The summed E-state index contributed by atoms with van der Waals surface area (Å²) in [7, 11) is 0. The molecule has 2 rings (SSSR count). The first-order valence-corrected chi connectivity index (χ1v) is 11.4. The van der Waals surface area contributed by atoms with Gasteiger partial charge in [-0.05, 0) is 25.7 Å². The first-order valence-electron chi connectivity index (χ1n) is 11.4. The van der Waals surface area contributed by atoms with Gasteiger partial charge in [-0.15, -0.1) is 0 Å². The summed E-state index contributed by atoms with van der Waals surface area (Å²) >= 11 is 0. The van der Waals surface area contributed by atoms with Crippen LogP contribution in [-0.2, 0) is 35.2 Å². The second kappa shape index (κ2) is 13.2. The Bertz CT molecular complexity index is 967. The summed E-state index contributed by atoms with van der Waals surface area (Å²) in [4.78, 5) is 80.2. The average Bonchev–Trinajstić information content (AvgIpc) is 3.50. The lowest BCUT2D eigenvalue weighted by Crippen LogP contribution is -2.57. The van der Waals surface area contributed by atoms with Crippen molar-refractivity contribution in [2.45, 2.75) is 69.1 Å². The lowest BCUT2D eigenvalue weighted by molar-refractivity contribution is -0.144. The van der Waals surface area contributed by atoms with E-state index in [-0.39, 0.29) is 32.2 Å². The van der Waals surface area contributed by atoms with E-state index in [2.05, 4.69) is 20.6 Å². The van der Waals surface area contributed by atoms with Gasteiger partial charge < -0.3 is 42.2 Å². The van der Waals surface area contributed by atoms with Crippen molar-refractivity contribution in [1.82, 2.24) is 25.5 Å². The van der Waals surface area contributed by atoms with Crippen LogP contribution < -0.4 is 22.1 Å². The molecule has 1 aromatic rings. The first-order chi connectivity index (χ1) is 17.0. The van der Waals surface area contributed by atoms with Crippen LogP contribution >= 0.6 is 0 Å². The van der Waals surface area contributed by atoms with E-state index >= 15 is 0 Å². The summed E-state index contributed by atoms with van der Waals surface area (Å²) in [6.07, 6.45) is 2.60. The molecule has 4 amide bonds. The Morgan fingerprint density at radius 2 is 1.81 bits per heavy atom. The molecule has 15 heteroatoms. The number of carboxylic acid groups (broad SMARTS) is 2. The number of aromatic amines is 1. The predicted molar refractivity (Wildman–Crippen MR) is 122 cm³/mol. The summed E-state index contributed by atoms with van der Waals surface area (Å²) in [5, 5.41) is 22.8. The Morgan fingerprint density at radius 1 is 1.11 bits per heavy atom. The second-order valence-corrected chi connectivity index (χ2v) is 8.48. The topological polar surface area (TPSA) is 251 Å². The third kappa shape index (κ3) is 8.33. The highest BCUT2D eigenvalue weighted by molar-refractivity contribution is 5.94. The number of rotatable bonds is 14. The van der Waals surface area contributed by atoms with Gasteiger partial charge in [0.15, 0.2) is 0 Å². The maximum absolute atomic E-state index is 13.0. The van der Waals surface area contributed by atoms with Crippen molar-refractivity contribution in [1.29, 1.82) is 0 Å². The Hall–Kier alpha value is -4.01. The van der Waals surface area contributed by atoms with Crippen LogP contribution in [0.1, 0.15) is 44.2 Å². The number of nitrogens with one attached hydrogen (secondary N) is 3. The number of aliphatic carboxylic acids is 2. The molecule has 36 heavy (non-hydrogen) atoms. The fourth-order valence-corrected chi connectivity index (χ4v) is 3.86. The number of nitrogens with two attached hydrogens (primary N) is 2. The van der Waals surface area contributed by atoms with E-state index in [1.807, 2.05) is 0 Å². The van der Waals surface area contributed by atoms with Crippen LogP contribution in [-0.4, -0.2) is 91.4 Å². The number of carboxylic acids is 2. The normalized spacial score (nSPS) is 17.6. The Morgan fingerprint density at radius 3 is 2.39 bits per heavy atom. The molecule has 198 valence electrons. The number of imidazole rings is 1. The van der Waals surface area contributed by atoms with Crippen LogP contribution in [0.15, 0.2) is 12.5 Å². The Labute approximate surface area is 206 Å².